The number of nitrogens with zero attached hydrogens (tertiary/aromatic N) is 1. The maximum absolute atomic E-state index is 14.1. The van der Waals surface area contributed by atoms with Crippen molar-refractivity contribution >= 4 is 33.5 Å². The van der Waals surface area contributed by atoms with Crippen molar-refractivity contribution in [3.05, 3.63) is 82.6 Å². The number of fused-ring (bicyclic) bond motifs is 2. The van der Waals surface area contributed by atoms with E-state index in [-0.39, 0.29) is 23.5 Å². The van der Waals surface area contributed by atoms with Crippen molar-refractivity contribution in [3.63, 3.8) is 0 Å². The summed E-state index contributed by atoms with van der Waals surface area (Å²) in [6.07, 6.45) is 4.68. The van der Waals surface area contributed by atoms with Gasteiger partial charge in [-0.1, -0.05) is 73.7 Å². The highest BCUT2D eigenvalue weighted by molar-refractivity contribution is 7.95. The predicted molar refractivity (Wildman–Crippen MR) is 142 cm³/mol. The number of benzene rings is 2. The fraction of sp³-hybridized carbons (Fsp3) is 0.379. The molecule has 1 radical (unpaired) electrons. The highest BCUT2D eigenvalue weighted by Crippen LogP contribution is 2.61. The van der Waals surface area contributed by atoms with Gasteiger partial charge in [-0.05, 0) is 36.1 Å². The zero-order valence-corrected chi connectivity index (χ0v) is 21.9. The molecule has 3 saturated heterocycles. The first-order valence-corrected chi connectivity index (χ1v) is 14.6. The smallest absolute Gasteiger partial charge is 0.244 e. The molecule has 8 nitrogen and oxygen atoms in total. The number of hydrogen-bond donors (Lipinski definition) is 2. The Kier molecular flexibility index (Phi) is 6.03. The van der Waals surface area contributed by atoms with Gasteiger partial charge in [0.1, 0.15) is 5.25 Å². The molecule has 2 aromatic rings. The molecule has 6 rings (SSSR count). The molecule has 0 saturated carbocycles. The first kappa shape index (κ1) is 25.0. The predicted octanol–water partition coefficient (Wildman–Crippen LogP) is 2.19. The second-order valence-electron chi connectivity index (χ2n) is 10.8. The molecule has 4 unspecified atom stereocenters. The first-order chi connectivity index (χ1) is 18.2. The number of carbonyl (C=O) groups excluding carboxylic acids is 3. The van der Waals surface area contributed by atoms with Crippen LogP contribution in [-0.4, -0.2) is 55.6 Å². The van der Waals surface area contributed by atoms with Gasteiger partial charge in [-0.2, -0.15) is 0 Å². The number of Topliss-reactive ketones (excluding diaryl/α,β-unsaturated/α-hetero) is 1. The molecule has 2 N–H and O–H groups in total. The Balaban J connectivity index is 1.27. The molecule has 0 bridgehead atoms. The third-order valence-corrected chi connectivity index (χ3v) is 10.7. The molecule has 1 spiro atoms. The number of nitrogens with one attached hydrogen (secondary N) is 2. The number of likely N-dealkylation sites (tertiary alicyclic amines) is 1. The van der Waals surface area contributed by atoms with Gasteiger partial charge in [-0.3, -0.25) is 19.3 Å². The van der Waals surface area contributed by atoms with Crippen molar-refractivity contribution in [1.82, 2.24) is 15.5 Å². The SMILES string of the molecule is CC1C(=O)NC23C=Cc4ccccc4C2S(=O)(=O)[C](C(=O)N[C@H]2CCCN(Cc4ccccc4)CC2=O)C13. The lowest BCUT2D eigenvalue weighted by atomic mass is 9.72. The molecular formula is C29H30N3O5S. The minimum atomic E-state index is -4.14. The van der Waals surface area contributed by atoms with Crippen LogP contribution in [0, 0.1) is 17.1 Å². The summed E-state index contributed by atoms with van der Waals surface area (Å²) in [6, 6.07) is 16.3. The zero-order chi connectivity index (χ0) is 26.7. The van der Waals surface area contributed by atoms with Crippen molar-refractivity contribution < 1.29 is 22.8 Å². The molecule has 38 heavy (non-hydrogen) atoms. The van der Waals surface area contributed by atoms with Crippen molar-refractivity contribution in [2.24, 2.45) is 11.8 Å². The maximum atomic E-state index is 14.1. The molecule has 3 fully saturated rings. The lowest BCUT2D eigenvalue weighted by Gasteiger charge is -2.35. The Labute approximate surface area is 222 Å². The Morgan fingerprint density at radius 1 is 1.11 bits per heavy atom. The average molecular weight is 533 g/mol. The Bertz CT molecular complexity index is 1440. The van der Waals surface area contributed by atoms with Crippen LogP contribution < -0.4 is 10.6 Å². The van der Waals surface area contributed by atoms with E-state index in [9.17, 15) is 22.8 Å². The van der Waals surface area contributed by atoms with Crippen LogP contribution in [0.25, 0.3) is 6.08 Å². The Morgan fingerprint density at radius 2 is 1.84 bits per heavy atom. The van der Waals surface area contributed by atoms with E-state index in [0.29, 0.717) is 31.5 Å². The van der Waals surface area contributed by atoms with Gasteiger partial charge in [-0.25, -0.2) is 8.42 Å². The van der Waals surface area contributed by atoms with Crippen molar-refractivity contribution in [1.29, 1.82) is 0 Å². The number of hydrogen-bond acceptors (Lipinski definition) is 6. The molecule has 1 aliphatic carbocycles. The third kappa shape index (κ3) is 3.82. The van der Waals surface area contributed by atoms with Crippen LogP contribution >= 0.6 is 0 Å². The van der Waals surface area contributed by atoms with Gasteiger partial charge in [0.05, 0.1) is 18.1 Å². The summed E-state index contributed by atoms with van der Waals surface area (Å²) in [4.78, 5) is 41.9. The molecule has 197 valence electrons. The molecule has 3 heterocycles. The van der Waals surface area contributed by atoms with Gasteiger partial charge in [0.2, 0.25) is 11.8 Å². The van der Waals surface area contributed by atoms with Crippen LogP contribution in [0.5, 0.6) is 0 Å². The van der Waals surface area contributed by atoms with E-state index in [2.05, 4.69) is 15.5 Å². The van der Waals surface area contributed by atoms with Crippen molar-refractivity contribution in [2.45, 2.75) is 43.1 Å². The van der Waals surface area contributed by atoms with Crippen LogP contribution in [0.1, 0.15) is 41.7 Å². The molecular weight excluding hydrogens is 502 g/mol. The summed E-state index contributed by atoms with van der Waals surface area (Å²) in [5.41, 5.74) is 1.19. The number of carbonyl (C=O) groups is 3. The molecule has 0 aromatic heterocycles. The molecule has 4 aliphatic rings. The van der Waals surface area contributed by atoms with E-state index in [1.54, 1.807) is 25.1 Å². The molecule has 2 aromatic carbocycles. The zero-order valence-electron chi connectivity index (χ0n) is 21.1. The quantitative estimate of drug-likeness (QED) is 0.624. The second kappa shape index (κ2) is 9.17. The van der Waals surface area contributed by atoms with Gasteiger partial charge in [0.15, 0.2) is 20.9 Å². The number of rotatable bonds is 4. The third-order valence-electron chi connectivity index (χ3n) is 8.43. The van der Waals surface area contributed by atoms with E-state index in [4.69, 9.17) is 0 Å². The molecule has 9 heteroatoms. The lowest BCUT2D eigenvalue weighted by Crippen LogP contribution is -2.49. The van der Waals surface area contributed by atoms with E-state index in [1.165, 1.54) is 0 Å². The highest BCUT2D eigenvalue weighted by atomic mass is 32.2. The summed E-state index contributed by atoms with van der Waals surface area (Å²) in [5.74, 6) is -2.77. The van der Waals surface area contributed by atoms with Crippen LogP contribution in [0.15, 0.2) is 60.7 Å². The average Bonchev–Trinajstić information content (AvgIpc) is 3.15. The van der Waals surface area contributed by atoms with Crippen LogP contribution in [-0.2, 0) is 30.8 Å². The summed E-state index contributed by atoms with van der Waals surface area (Å²) < 4.78 is 28.1. The topological polar surface area (TPSA) is 113 Å². The Morgan fingerprint density at radius 3 is 2.63 bits per heavy atom. The van der Waals surface area contributed by atoms with E-state index in [0.717, 1.165) is 11.1 Å². The minimum Gasteiger partial charge on any atom is -0.345 e. The Hall–Kier alpha value is -3.30. The van der Waals surface area contributed by atoms with Crippen LogP contribution in [0.3, 0.4) is 0 Å². The fourth-order valence-corrected chi connectivity index (χ4v) is 9.38. The molecule has 2 amide bonds. The number of amides is 2. The normalized spacial score (nSPS) is 32.1. The van der Waals surface area contributed by atoms with Gasteiger partial charge < -0.3 is 10.6 Å². The van der Waals surface area contributed by atoms with E-state index >= 15 is 0 Å². The van der Waals surface area contributed by atoms with E-state index in [1.807, 2.05) is 48.5 Å². The summed E-state index contributed by atoms with van der Waals surface area (Å²) in [6.45, 7) is 3.16. The summed E-state index contributed by atoms with van der Waals surface area (Å²) in [5, 5.41) is 4.32. The minimum absolute atomic E-state index is 0.145. The van der Waals surface area contributed by atoms with Crippen LogP contribution in [0.4, 0.5) is 0 Å². The number of ketones is 1. The lowest BCUT2D eigenvalue weighted by molar-refractivity contribution is -0.127. The monoisotopic (exact) mass is 532 g/mol. The fourth-order valence-electron chi connectivity index (χ4n) is 6.71. The highest BCUT2D eigenvalue weighted by Gasteiger charge is 2.72. The van der Waals surface area contributed by atoms with Gasteiger partial charge >= 0.3 is 0 Å². The first-order valence-electron chi connectivity index (χ1n) is 13.0. The van der Waals surface area contributed by atoms with Crippen LogP contribution in [0.2, 0.25) is 0 Å². The van der Waals surface area contributed by atoms with Gasteiger partial charge in [-0.15, -0.1) is 0 Å². The van der Waals surface area contributed by atoms with Crippen molar-refractivity contribution in [2.75, 3.05) is 13.1 Å². The summed E-state index contributed by atoms with van der Waals surface area (Å²) in [7, 11) is -4.14. The number of sulfone groups is 1. The van der Waals surface area contributed by atoms with Crippen molar-refractivity contribution in [3.8, 4) is 0 Å². The standard InChI is InChI=1S/C29H30N3O5S/c1-18-24-25(28(35)30-22-12-7-15-32(17-23(22)33)16-19-8-3-2-4-9-19)38(36,37)26-21-11-6-5-10-20(21)13-14-29(24,26)31-27(18)34/h2-6,8-11,13-14,18,22,24,26H,7,12,15-17H2,1H3,(H,30,35)(H,31,34)/t18?,22-,24?,26?,29?/m0/s1. The van der Waals surface area contributed by atoms with Gasteiger partial charge in [0.25, 0.3) is 0 Å². The largest absolute Gasteiger partial charge is 0.345 e. The van der Waals surface area contributed by atoms with Gasteiger partial charge in [0, 0.05) is 18.4 Å². The molecule has 3 aliphatic heterocycles. The molecule has 5 atom stereocenters. The summed E-state index contributed by atoms with van der Waals surface area (Å²) >= 11 is 0. The van der Waals surface area contributed by atoms with E-state index < -0.39 is 44.4 Å². The maximum Gasteiger partial charge on any atom is 0.244 e. The second-order valence-corrected chi connectivity index (χ2v) is 12.8.